The van der Waals surface area contributed by atoms with Crippen molar-refractivity contribution < 1.29 is 0 Å². The van der Waals surface area contributed by atoms with Crippen LogP contribution in [0.2, 0.25) is 0 Å². The topological polar surface area (TPSA) is 59.4 Å². The van der Waals surface area contributed by atoms with Gasteiger partial charge in [0.25, 0.3) is 0 Å². The van der Waals surface area contributed by atoms with Crippen molar-refractivity contribution in [3.63, 3.8) is 0 Å². The standard InChI is InChI=1S/C14H15N5/c1-9-17-14(19(18-9)11-3-2-4-11)10-7-13-12(16-8-10)5-6-15-13/h5-8,11,15H,2-4H2,1H3. The molecule has 3 heterocycles. The number of rotatable bonds is 2. The van der Waals surface area contributed by atoms with Crippen LogP contribution in [0.4, 0.5) is 0 Å². The molecule has 0 saturated heterocycles. The molecule has 0 bridgehead atoms. The van der Waals surface area contributed by atoms with E-state index in [9.17, 15) is 0 Å². The van der Waals surface area contributed by atoms with Gasteiger partial charge >= 0.3 is 0 Å². The number of nitrogens with zero attached hydrogens (tertiary/aromatic N) is 4. The molecular weight excluding hydrogens is 238 g/mol. The van der Waals surface area contributed by atoms with Gasteiger partial charge in [-0.2, -0.15) is 5.10 Å². The highest BCUT2D eigenvalue weighted by molar-refractivity contribution is 5.79. The number of fused-ring (bicyclic) bond motifs is 1. The molecule has 3 aromatic heterocycles. The highest BCUT2D eigenvalue weighted by atomic mass is 15.4. The van der Waals surface area contributed by atoms with Crippen LogP contribution in [0.3, 0.4) is 0 Å². The summed E-state index contributed by atoms with van der Waals surface area (Å²) in [6.45, 7) is 1.94. The van der Waals surface area contributed by atoms with E-state index in [4.69, 9.17) is 0 Å². The number of H-pyrrole nitrogens is 1. The van der Waals surface area contributed by atoms with E-state index in [1.165, 1.54) is 19.3 Å². The van der Waals surface area contributed by atoms with Crippen molar-refractivity contribution in [3.8, 4) is 11.4 Å². The Balaban J connectivity index is 1.85. The molecule has 96 valence electrons. The Kier molecular flexibility index (Phi) is 2.21. The summed E-state index contributed by atoms with van der Waals surface area (Å²) in [6, 6.07) is 4.58. The van der Waals surface area contributed by atoms with E-state index in [0.29, 0.717) is 6.04 Å². The molecule has 0 atom stereocenters. The van der Waals surface area contributed by atoms with Crippen LogP contribution in [0.5, 0.6) is 0 Å². The quantitative estimate of drug-likeness (QED) is 0.764. The summed E-state index contributed by atoms with van der Waals surface area (Å²) in [6.07, 6.45) is 7.48. The van der Waals surface area contributed by atoms with Gasteiger partial charge in [-0.1, -0.05) is 0 Å². The lowest BCUT2D eigenvalue weighted by Crippen LogP contribution is -2.19. The van der Waals surface area contributed by atoms with Gasteiger partial charge < -0.3 is 4.98 Å². The number of hydrogen-bond acceptors (Lipinski definition) is 3. The Labute approximate surface area is 110 Å². The predicted octanol–water partition coefficient (Wildman–Crippen LogP) is 2.85. The number of aromatic nitrogens is 5. The van der Waals surface area contributed by atoms with E-state index in [2.05, 4.69) is 30.8 Å². The molecule has 0 aliphatic heterocycles. The molecule has 5 heteroatoms. The molecule has 5 nitrogen and oxygen atoms in total. The Hall–Kier alpha value is -2.17. The summed E-state index contributed by atoms with van der Waals surface area (Å²) in [5.74, 6) is 1.76. The van der Waals surface area contributed by atoms with Crippen LogP contribution >= 0.6 is 0 Å². The van der Waals surface area contributed by atoms with Gasteiger partial charge in [0, 0.05) is 18.0 Å². The largest absolute Gasteiger partial charge is 0.360 e. The first kappa shape index (κ1) is 10.7. The van der Waals surface area contributed by atoms with Gasteiger partial charge in [0.1, 0.15) is 5.82 Å². The van der Waals surface area contributed by atoms with Crippen molar-refractivity contribution >= 4 is 11.0 Å². The smallest absolute Gasteiger partial charge is 0.160 e. The van der Waals surface area contributed by atoms with Gasteiger partial charge in [0.2, 0.25) is 0 Å². The fourth-order valence-corrected chi connectivity index (χ4v) is 2.57. The van der Waals surface area contributed by atoms with Gasteiger partial charge in [0.15, 0.2) is 5.82 Å². The third-order valence-corrected chi connectivity index (χ3v) is 3.81. The normalized spacial score (nSPS) is 15.8. The maximum Gasteiger partial charge on any atom is 0.160 e. The first-order valence-corrected chi connectivity index (χ1v) is 6.68. The lowest BCUT2D eigenvalue weighted by molar-refractivity contribution is 0.291. The minimum atomic E-state index is 0.510. The lowest BCUT2D eigenvalue weighted by Gasteiger charge is -2.26. The minimum absolute atomic E-state index is 0.510. The lowest BCUT2D eigenvalue weighted by atomic mass is 9.93. The van der Waals surface area contributed by atoms with Crippen LogP contribution in [0, 0.1) is 6.92 Å². The molecule has 19 heavy (non-hydrogen) atoms. The Bertz CT molecular complexity index is 735. The molecule has 1 aliphatic rings. The van der Waals surface area contributed by atoms with Crippen molar-refractivity contribution in [3.05, 3.63) is 30.4 Å². The molecule has 1 aliphatic carbocycles. The first-order valence-electron chi connectivity index (χ1n) is 6.68. The van der Waals surface area contributed by atoms with E-state index in [1.54, 1.807) is 0 Å². The van der Waals surface area contributed by atoms with Crippen LogP contribution in [-0.4, -0.2) is 24.7 Å². The first-order chi connectivity index (χ1) is 9.31. The van der Waals surface area contributed by atoms with Crippen molar-refractivity contribution in [2.24, 2.45) is 0 Å². The molecule has 0 unspecified atom stereocenters. The van der Waals surface area contributed by atoms with E-state index < -0.39 is 0 Å². The van der Waals surface area contributed by atoms with Crippen LogP contribution in [0.15, 0.2) is 24.5 Å². The third-order valence-electron chi connectivity index (χ3n) is 3.81. The Morgan fingerprint density at radius 1 is 1.37 bits per heavy atom. The van der Waals surface area contributed by atoms with Crippen LogP contribution < -0.4 is 0 Å². The van der Waals surface area contributed by atoms with Crippen molar-refractivity contribution in [2.45, 2.75) is 32.2 Å². The summed E-state index contributed by atoms with van der Waals surface area (Å²) in [5.41, 5.74) is 3.05. The number of aryl methyl sites for hydroxylation is 1. The number of hydrogen-bond donors (Lipinski definition) is 1. The summed E-state index contributed by atoms with van der Waals surface area (Å²) in [4.78, 5) is 12.2. The van der Waals surface area contributed by atoms with Gasteiger partial charge in [-0.15, -0.1) is 0 Å². The zero-order chi connectivity index (χ0) is 12.8. The summed E-state index contributed by atoms with van der Waals surface area (Å²) in [7, 11) is 0. The van der Waals surface area contributed by atoms with Gasteiger partial charge in [-0.05, 0) is 38.3 Å². The maximum atomic E-state index is 4.57. The fourth-order valence-electron chi connectivity index (χ4n) is 2.57. The fraction of sp³-hybridized carbons (Fsp3) is 0.357. The maximum absolute atomic E-state index is 4.57. The van der Waals surface area contributed by atoms with Crippen LogP contribution in [-0.2, 0) is 0 Å². The second-order valence-corrected chi connectivity index (χ2v) is 5.15. The van der Waals surface area contributed by atoms with Crippen molar-refractivity contribution in [1.82, 2.24) is 24.7 Å². The van der Waals surface area contributed by atoms with E-state index >= 15 is 0 Å². The Morgan fingerprint density at radius 3 is 3.05 bits per heavy atom. The van der Waals surface area contributed by atoms with Crippen LogP contribution in [0.1, 0.15) is 31.1 Å². The van der Waals surface area contributed by atoms with Crippen LogP contribution in [0.25, 0.3) is 22.4 Å². The highest BCUT2D eigenvalue weighted by Crippen LogP contribution is 2.34. The average Bonchev–Trinajstić information content (AvgIpc) is 2.92. The molecule has 0 aromatic carbocycles. The second-order valence-electron chi connectivity index (χ2n) is 5.15. The molecule has 0 radical (unpaired) electrons. The zero-order valence-corrected chi connectivity index (χ0v) is 10.8. The van der Waals surface area contributed by atoms with E-state index in [1.807, 2.05) is 25.4 Å². The van der Waals surface area contributed by atoms with Crippen molar-refractivity contribution in [2.75, 3.05) is 0 Å². The molecule has 1 saturated carbocycles. The molecule has 4 rings (SSSR count). The summed E-state index contributed by atoms with van der Waals surface area (Å²) < 4.78 is 2.07. The van der Waals surface area contributed by atoms with Gasteiger partial charge in [0.05, 0.1) is 17.1 Å². The molecule has 0 amide bonds. The molecule has 1 N–H and O–H groups in total. The Morgan fingerprint density at radius 2 is 2.26 bits per heavy atom. The third kappa shape index (κ3) is 1.65. The minimum Gasteiger partial charge on any atom is -0.360 e. The molecule has 1 fully saturated rings. The molecular formula is C14H15N5. The van der Waals surface area contributed by atoms with E-state index in [0.717, 1.165) is 28.2 Å². The highest BCUT2D eigenvalue weighted by Gasteiger charge is 2.24. The average molecular weight is 253 g/mol. The number of pyridine rings is 1. The zero-order valence-electron chi connectivity index (χ0n) is 10.8. The van der Waals surface area contributed by atoms with Gasteiger partial charge in [-0.25, -0.2) is 9.67 Å². The van der Waals surface area contributed by atoms with E-state index in [-0.39, 0.29) is 0 Å². The number of nitrogens with one attached hydrogen (secondary N) is 1. The second kappa shape index (κ2) is 3.91. The van der Waals surface area contributed by atoms with Gasteiger partial charge in [-0.3, -0.25) is 4.98 Å². The summed E-state index contributed by atoms with van der Waals surface area (Å²) >= 11 is 0. The van der Waals surface area contributed by atoms with Crippen molar-refractivity contribution in [1.29, 1.82) is 0 Å². The predicted molar refractivity (Wildman–Crippen MR) is 72.7 cm³/mol. The molecule has 3 aromatic rings. The number of aromatic amines is 1. The molecule has 0 spiro atoms. The SMILES string of the molecule is Cc1nc(-c2cnc3cc[nH]c3c2)n(C2CCC2)n1. The summed E-state index contributed by atoms with van der Waals surface area (Å²) in [5, 5.41) is 4.54. The monoisotopic (exact) mass is 253 g/mol.